The highest BCUT2D eigenvalue weighted by Gasteiger charge is 2.20. The van der Waals surface area contributed by atoms with E-state index in [1.54, 1.807) is 18.0 Å². The van der Waals surface area contributed by atoms with Gasteiger partial charge in [0.05, 0.1) is 23.5 Å². The molecule has 6 heteroatoms. The smallest absolute Gasteiger partial charge is 0.131 e. The van der Waals surface area contributed by atoms with Gasteiger partial charge in [-0.3, -0.25) is 4.68 Å². The van der Waals surface area contributed by atoms with Crippen LogP contribution in [-0.4, -0.2) is 22.0 Å². The summed E-state index contributed by atoms with van der Waals surface area (Å²) in [6, 6.07) is 1.84. The Hall–Kier alpha value is -0.850. The van der Waals surface area contributed by atoms with Gasteiger partial charge in [-0.25, -0.2) is 0 Å². The molecule has 4 nitrogen and oxygen atoms in total. The molecule has 2 heterocycles. The number of rotatable bonds is 4. The van der Waals surface area contributed by atoms with Crippen molar-refractivity contribution in [1.29, 1.82) is 0 Å². The predicted octanol–water partition coefficient (Wildman–Crippen LogP) is 2.82. The first-order valence-electron chi connectivity index (χ1n) is 5.19. The van der Waals surface area contributed by atoms with Crippen LogP contribution in [0.1, 0.15) is 23.6 Å². The van der Waals surface area contributed by atoms with Gasteiger partial charge in [0, 0.05) is 16.8 Å². The quantitative estimate of drug-likeness (QED) is 0.943. The molecule has 0 aliphatic heterocycles. The highest BCUT2D eigenvalue weighted by molar-refractivity contribution is 9.10. The Balaban J connectivity index is 2.35. The lowest BCUT2D eigenvalue weighted by Crippen LogP contribution is -2.08. The number of methoxy groups -OCH3 is 1. The molecule has 0 saturated carbocycles. The molecule has 2 rings (SSSR count). The van der Waals surface area contributed by atoms with Crippen molar-refractivity contribution >= 4 is 27.3 Å². The van der Waals surface area contributed by atoms with Gasteiger partial charge in [0.2, 0.25) is 0 Å². The molecule has 0 fully saturated rings. The van der Waals surface area contributed by atoms with Crippen LogP contribution in [0.5, 0.6) is 5.75 Å². The average molecular weight is 317 g/mol. The fourth-order valence-electron chi connectivity index (χ4n) is 1.62. The van der Waals surface area contributed by atoms with Crippen LogP contribution in [0, 0.1) is 0 Å². The summed E-state index contributed by atoms with van der Waals surface area (Å²) in [6.07, 6.45) is 1.02. The second kappa shape index (κ2) is 5.20. The summed E-state index contributed by atoms with van der Waals surface area (Å²) in [5.41, 5.74) is 0.775. The molecule has 1 unspecified atom stereocenters. The Morgan fingerprint density at radius 1 is 1.65 bits per heavy atom. The van der Waals surface area contributed by atoms with Crippen molar-refractivity contribution in [3.05, 3.63) is 32.7 Å². The van der Waals surface area contributed by atoms with Crippen LogP contribution in [0.25, 0.3) is 0 Å². The van der Waals surface area contributed by atoms with Gasteiger partial charge in [0.25, 0.3) is 0 Å². The lowest BCUT2D eigenvalue weighted by Gasteiger charge is -2.11. The van der Waals surface area contributed by atoms with E-state index in [9.17, 15) is 5.11 Å². The maximum absolute atomic E-state index is 10.3. The van der Waals surface area contributed by atoms with Crippen molar-refractivity contribution in [2.24, 2.45) is 0 Å². The molecule has 17 heavy (non-hydrogen) atoms. The monoisotopic (exact) mass is 316 g/mol. The number of halogens is 1. The average Bonchev–Trinajstić information content (AvgIpc) is 2.94. The number of aromatic nitrogens is 2. The molecule has 0 aliphatic carbocycles. The van der Waals surface area contributed by atoms with E-state index in [-0.39, 0.29) is 0 Å². The molecule has 0 aliphatic rings. The fraction of sp³-hybridized carbons (Fsp3) is 0.364. The Kier molecular flexibility index (Phi) is 3.86. The van der Waals surface area contributed by atoms with Crippen LogP contribution in [0.3, 0.4) is 0 Å². The highest BCUT2D eigenvalue weighted by Crippen LogP contribution is 2.34. The van der Waals surface area contributed by atoms with E-state index in [1.807, 2.05) is 18.4 Å². The number of aliphatic hydroxyl groups excluding tert-OH is 1. The number of thiophene rings is 1. The van der Waals surface area contributed by atoms with Gasteiger partial charge in [0.15, 0.2) is 0 Å². The summed E-state index contributed by atoms with van der Waals surface area (Å²) in [5, 5.41) is 16.4. The van der Waals surface area contributed by atoms with E-state index >= 15 is 0 Å². The number of aliphatic hydroxyl groups is 1. The minimum absolute atomic E-state index is 0.680. The minimum Gasteiger partial charge on any atom is -0.496 e. The summed E-state index contributed by atoms with van der Waals surface area (Å²) >= 11 is 4.88. The maximum atomic E-state index is 10.3. The zero-order chi connectivity index (χ0) is 12.4. The topological polar surface area (TPSA) is 47.3 Å². The van der Waals surface area contributed by atoms with Gasteiger partial charge < -0.3 is 9.84 Å². The van der Waals surface area contributed by atoms with Crippen LogP contribution in [0.4, 0.5) is 0 Å². The minimum atomic E-state index is -0.680. The predicted molar refractivity (Wildman–Crippen MR) is 70.5 cm³/mol. The van der Waals surface area contributed by atoms with Crippen molar-refractivity contribution in [3.8, 4) is 5.75 Å². The molecule has 1 N–H and O–H groups in total. The summed E-state index contributed by atoms with van der Waals surface area (Å²) < 4.78 is 7.71. The van der Waals surface area contributed by atoms with Crippen molar-refractivity contribution in [2.75, 3.05) is 7.11 Å². The summed E-state index contributed by atoms with van der Waals surface area (Å²) in [6.45, 7) is 2.71. The van der Waals surface area contributed by atoms with E-state index in [0.717, 1.165) is 27.3 Å². The number of aryl methyl sites for hydroxylation is 1. The number of hydrogen-bond donors (Lipinski definition) is 1. The second-order valence-electron chi connectivity index (χ2n) is 3.48. The van der Waals surface area contributed by atoms with Crippen molar-refractivity contribution in [3.63, 3.8) is 0 Å². The van der Waals surface area contributed by atoms with Crippen molar-refractivity contribution in [2.45, 2.75) is 19.6 Å². The van der Waals surface area contributed by atoms with Gasteiger partial charge in [-0.2, -0.15) is 5.10 Å². The molecule has 2 aromatic rings. The zero-order valence-electron chi connectivity index (χ0n) is 9.55. The Morgan fingerprint density at radius 2 is 2.41 bits per heavy atom. The SMILES string of the molecule is CCn1ncc(Br)c1C(O)c1cc(OC)cs1. The third kappa shape index (κ3) is 2.38. The highest BCUT2D eigenvalue weighted by atomic mass is 79.9. The van der Waals surface area contributed by atoms with Crippen molar-refractivity contribution < 1.29 is 9.84 Å². The van der Waals surface area contributed by atoms with Crippen LogP contribution in [0.2, 0.25) is 0 Å². The molecule has 0 amide bonds. The number of ether oxygens (including phenoxy) is 1. The summed E-state index contributed by atoms with van der Waals surface area (Å²) in [4.78, 5) is 0.845. The van der Waals surface area contributed by atoms with Gasteiger partial charge in [-0.15, -0.1) is 11.3 Å². The molecule has 0 radical (unpaired) electrons. The first kappa shape index (κ1) is 12.6. The van der Waals surface area contributed by atoms with E-state index < -0.39 is 6.10 Å². The lowest BCUT2D eigenvalue weighted by atomic mass is 10.2. The third-order valence-corrected chi connectivity index (χ3v) is 4.07. The lowest BCUT2D eigenvalue weighted by molar-refractivity contribution is 0.210. The number of hydrogen-bond acceptors (Lipinski definition) is 4. The molecule has 92 valence electrons. The zero-order valence-corrected chi connectivity index (χ0v) is 12.0. The molecule has 0 aromatic carbocycles. The molecule has 2 aromatic heterocycles. The van der Waals surface area contributed by atoms with Gasteiger partial charge >= 0.3 is 0 Å². The van der Waals surface area contributed by atoms with Gasteiger partial charge in [-0.1, -0.05) is 0 Å². The Morgan fingerprint density at radius 3 is 3.00 bits per heavy atom. The summed E-state index contributed by atoms with van der Waals surface area (Å²) in [7, 11) is 1.62. The first-order chi connectivity index (χ1) is 8.17. The Bertz CT molecular complexity index is 509. The third-order valence-electron chi connectivity index (χ3n) is 2.49. The molecular weight excluding hydrogens is 304 g/mol. The van der Waals surface area contributed by atoms with E-state index in [4.69, 9.17) is 4.74 Å². The summed E-state index contributed by atoms with van der Waals surface area (Å²) in [5.74, 6) is 0.766. The molecule has 0 saturated heterocycles. The largest absolute Gasteiger partial charge is 0.496 e. The molecule has 0 bridgehead atoms. The van der Waals surface area contributed by atoms with Crippen LogP contribution in [-0.2, 0) is 6.54 Å². The van der Waals surface area contributed by atoms with E-state index in [1.165, 1.54) is 11.3 Å². The van der Waals surface area contributed by atoms with Crippen LogP contribution < -0.4 is 4.74 Å². The molecular formula is C11H13BrN2O2S. The molecule has 1 atom stereocenters. The second-order valence-corrected chi connectivity index (χ2v) is 5.28. The normalized spacial score (nSPS) is 12.7. The standard InChI is InChI=1S/C11H13BrN2O2S/c1-3-14-10(8(12)5-13-14)11(15)9-4-7(16-2)6-17-9/h4-6,11,15H,3H2,1-2H3. The first-order valence-corrected chi connectivity index (χ1v) is 6.86. The molecule has 0 spiro atoms. The number of nitrogens with zero attached hydrogens (tertiary/aromatic N) is 2. The van der Waals surface area contributed by atoms with Gasteiger partial charge in [-0.05, 0) is 28.9 Å². The van der Waals surface area contributed by atoms with Gasteiger partial charge in [0.1, 0.15) is 11.9 Å². The van der Waals surface area contributed by atoms with Crippen molar-refractivity contribution in [1.82, 2.24) is 9.78 Å². The van der Waals surface area contributed by atoms with Crippen LogP contribution >= 0.6 is 27.3 Å². The van der Waals surface area contributed by atoms with E-state index in [2.05, 4.69) is 21.0 Å². The van der Waals surface area contributed by atoms with E-state index in [0.29, 0.717) is 0 Å². The fourth-order valence-corrected chi connectivity index (χ4v) is 2.97. The Labute approximate surface area is 112 Å². The van der Waals surface area contributed by atoms with Crippen LogP contribution in [0.15, 0.2) is 22.1 Å². The maximum Gasteiger partial charge on any atom is 0.131 e.